The van der Waals surface area contributed by atoms with Gasteiger partial charge < -0.3 is 0 Å². The van der Waals surface area contributed by atoms with E-state index >= 15 is 0 Å². The van der Waals surface area contributed by atoms with Crippen LogP contribution in [0, 0.1) is 0 Å². The van der Waals surface area contributed by atoms with Gasteiger partial charge in [-0.2, -0.15) is 13.2 Å². The van der Waals surface area contributed by atoms with Crippen LogP contribution in [0.25, 0.3) is 0 Å². The second-order valence-electron chi connectivity index (χ2n) is 4.60. The molecule has 0 heterocycles. The van der Waals surface area contributed by atoms with Crippen molar-refractivity contribution in [3.05, 3.63) is 35.9 Å². The van der Waals surface area contributed by atoms with Gasteiger partial charge in [-0.1, -0.05) is 37.3 Å². The number of benzene rings is 1. The maximum absolute atomic E-state index is 12.8. The van der Waals surface area contributed by atoms with Crippen LogP contribution in [0.15, 0.2) is 30.3 Å². The topological polar surface area (TPSA) is 12.0 Å². The third-order valence-electron chi connectivity index (χ3n) is 3.35. The monoisotopic (exact) mass is 243 g/mol. The Morgan fingerprint density at radius 1 is 1.24 bits per heavy atom. The Kier molecular flexibility index (Phi) is 3.17. The van der Waals surface area contributed by atoms with E-state index in [1.54, 1.807) is 0 Å². The van der Waals surface area contributed by atoms with E-state index in [0.717, 1.165) is 5.56 Å². The summed E-state index contributed by atoms with van der Waals surface area (Å²) < 4.78 is 38.5. The molecule has 4 heteroatoms. The van der Waals surface area contributed by atoms with Crippen molar-refractivity contribution in [2.75, 3.05) is 0 Å². The lowest BCUT2D eigenvalue weighted by Crippen LogP contribution is -2.46. The van der Waals surface area contributed by atoms with Crippen molar-refractivity contribution in [3.8, 4) is 0 Å². The van der Waals surface area contributed by atoms with Gasteiger partial charge in [0.25, 0.3) is 0 Å². The lowest BCUT2D eigenvalue weighted by Gasteiger charge is -2.27. The van der Waals surface area contributed by atoms with Crippen LogP contribution >= 0.6 is 0 Å². The van der Waals surface area contributed by atoms with Gasteiger partial charge in [0.15, 0.2) is 0 Å². The molecule has 1 unspecified atom stereocenters. The van der Waals surface area contributed by atoms with E-state index in [4.69, 9.17) is 0 Å². The summed E-state index contributed by atoms with van der Waals surface area (Å²) in [4.78, 5) is 0. The van der Waals surface area contributed by atoms with E-state index in [1.807, 2.05) is 37.3 Å². The fourth-order valence-electron chi connectivity index (χ4n) is 2.07. The molecule has 2 rings (SSSR count). The molecule has 0 bridgehead atoms. The van der Waals surface area contributed by atoms with Crippen molar-refractivity contribution >= 4 is 0 Å². The van der Waals surface area contributed by atoms with Gasteiger partial charge in [0.05, 0.1) is 0 Å². The van der Waals surface area contributed by atoms with Crippen LogP contribution in [0.4, 0.5) is 13.2 Å². The van der Waals surface area contributed by atoms with Crippen LogP contribution in [0.3, 0.4) is 0 Å². The van der Waals surface area contributed by atoms with Gasteiger partial charge in [-0.05, 0) is 24.8 Å². The first-order chi connectivity index (χ1) is 7.98. The molecular weight excluding hydrogens is 227 g/mol. The van der Waals surface area contributed by atoms with Crippen LogP contribution in [-0.2, 0) is 0 Å². The van der Waals surface area contributed by atoms with Crippen LogP contribution in [0.5, 0.6) is 0 Å². The number of rotatable bonds is 4. The van der Waals surface area contributed by atoms with Gasteiger partial charge >= 0.3 is 6.18 Å². The lowest BCUT2D eigenvalue weighted by atomic mass is 10.0. The van der Waals surface area contributed by atoms with Gasteiger partial charge in [0.1, 0.15) is 5.54 Å². The van der Waals surface area contributed by atoms with E-state index in [-0.39, 0.29) is 18.9 Å². The van der Waals surface area contributed by atoms with Crippen molar-refractivity contribution in [1.29, 1.82) is 0 Å². The van der Waals surface area contributed by atoms with E-state index in [2.05, 4.69) is 5.32 Å². The van der Waals surface area contributed by atoms with Crippen LogP contribution in [-0.4, -0.2) is 11.7 Å². The normalized spacial score (nSPS) is 20.0. The molecule has 0 amide bonds. The van der Waals surface area contributed by atoms with Crippen molar-refractivity contribution in [2.24, 2.45) is 0 Å². The summed E-state index contributed by atoms with van der Waals surface area (Å²) in [6, 6.07) is 9.09. The SMILES string of the molecule is CCC(NC1(C(F)(F)F)CC1)c1ccccc1. The van der Waals surface area contributed by atoms with Crippen LogP contribution in [0.2, 0.25) is 0 Å². The molecule has 94 valence electrons. The number of alkyl halides is 3. The Labute approximate surface area is 99.0 Å². The molecule has 0 saturated heterocycles. The molecule has 1 N–H and O–H groups in total. The van der Waals surface area contributed by atoms with Gasteiger partial charge in [0.2, 0.25) is 0 Å². The van der Waals surface area contributed by atoms with Gasteiger partial charge in [-0.25, -0.2) is 0 Å². The number of halogens is 3. The molecule has 1 aromatic rings. The van der Waals surface area contributed by atoms with E-state index in [1.165, 1.54) is 0 Å². The maximum Gasteiger partial charge on any atom is 0.406 e. The van der Waals surface area contributed by atoms with Gasteiger partial charge in [-0.3, -0.25) is 5.32 Å². The number of hydrogen-bond acceptors (Lipinski definition) is 1. The highest BCUT2D eigenvalue weighted by atomic mass is 19.4. The predicted octanol–water partition coefficient (Wildman–Crippen LogP) is 3.82. The molecule has 1 atom stereocenters. The molecule has 0 spiro atoms. The molecule has 17 heavy (non-hydrogen) atoms. The zero-order valence-corrected chi connectivity index (χ0v) is 9.72. The quantitative estimate of drug-likeness (QED) is 0.847. The van der Waals surface area contributed by atoms with Crippen molar-refractivity contribution in [3.63, 3.8) is 0 Å². The second-order valence-corrected chi connectivity index (χ2v) is 4.60. The highest BCUT2D eigenvalue weighted by molar-refractivity contribution is 5.21. The minimum Gasteiger partial charge on any atom is -0.297 e. The third kappa shape index (κ3) is 2.46. The molecule has 1 nitrogen and oxygen atoms in total. The lowest BCUT2D eigenvalue weighted by molar-refractivity contribution is -0.168. The fraction of sp³-hybridized carbons (Fsp3) is 0.538. The largest absolute Gasteiger partial charge is 0.406 e. The summed E-state index contributed by atoms with van der Waals surface area (Å²) in [5, 5.41) is 2.79. The summed E-state index contributed by atoms with van der Waals surface area (Å²) >= 11 is 0. The summed E-state index contributed by atoms with van der Waals surface area (Å²) in [5.41, 5.74) is -0.714. The average molecular weight is 243 g/mol. The predicted molar refractivity (Wildman–Crippen MR) is 60.6 cm³/mol. The molecule has 0 aliphatic heterocycles. The van der Waals surface area contributed by atoms with Crippen molar-refractivity contribution in [2.45, 2.75) is 43.9 Å². The summed E-state index contributed by atoms with van der Waals surface area (Å²) in [6.07, 6.45) is -3.10. The average Bonchev–Trinajstić information content (AvgIpc) is 3.07. The molecule has 1 fully saturated rings. The number of hydrogen-bond donors (Lipinski definition) is 1. The first kappa shape index (κ1) is 12.4. The fourth-order valence-corrected chi connectivity index (χ4v) is 2.07. The molecule has 1 aliphatic rings. The van der Waals surface area contributed by atoms with Crippen molar-refractivity contribution < 1.29 is 13.2 Å². The molecule has 0 radical (unpaired) electrons. The molecule has 1 aromatic carbocycles. The Morgan fingerprint density at radius 3 is 2.24 bits per heavy atom. The van der Waals surface area contributed by atoms with Crippen LogP contribution in [0.1, 0.15) is 37.8 Å². The highest BCUT2D eigenvalue weighted by Gasteiger charge is 2.63. The minimum atomic E-state index is -4.14. The Morgan fingerprint density at radius 2 is 1.82 bits per heavy atom. The zero-order chi connectivity index (χ0) is 12.5. The first-order valence-corrected chi connectivity index (χ1v) is 5.88. The Balaban J connectivity index is 2.12. The summed E-state index contributed by atoms with van der Waals surface area (Å²) in [7, 11) is 0. The standard InChI is InChI=1S/C13H16F3N/c1-2-11(10-6-4-3-5-7-10)17-12(8-9-12)13(14,15)16/h3-7,11,17H,2,8-9H2,1H3. The van der Waals surface area contributed by atoms with E-state index in [0.29, 0.717) is 6.42 Å². The zero-order valence-electron chi connectivity index (χ0n) is 9.72. The first-order valence-electron chi connectivity index (χ1n) is 5.88. The van der Waals surface area contributed by atoms with E-state index < -0.39 is 11.7 Å². The molecular formula is C13H16F3N. The number of nitrogens with one attached hydrogen (secondary N) is 1. The maximum atomic E-state index is 12.8. The Hall–Kier alpha value is -1.03. The van der Waals surface area contributed by atoms with Crippen LogP contribution < -0.4 is 5.32 Å². The van der Waals surface area contributed by atoms with Gasteiger partial charge in [-0.15, -0.1) is 0 Å². The van der Waals surface area contributed by atoms with E-state index in [9.17, 15) is 13.2 Å². The molecule has 1 aliphatic carbocycles. The molecule has 0 aromatic heterocycles. The second kappa shape index (κ2) is 4.33. The minimum absolute atomic E-state index is 0.194. The summed E-state index contributed by atoms with van der Waals surface area (Å²) in [5.74, 6) is 0. The summed E-state index contributed by atoms with van der Waals surface area (Å²) in [6.45, 7) is 1.90. The smallest absolute Gasteiger partial charge is 0.297 e. The third-order valence-corrected chi connectivity index (χ3v) is 3.35. The highest BCUT2D eigenvalue weighted by Crippen LogP contribution is 2.50. The molecule has 1 saturated carbocycles. The van der Waals surface area contributed by atoms with Gasteiger partial charge in [0, 0.05) is 6.04 Å². The van der Waals surface area contributed by atoms with Crippen molar-refractivity contribution in [1.82, 2.24) is 5.32 Å². The Bertz CT molecular complexity index is 368.